The first-order valence-electron chi connectivity index (χ1n) is 10.9. The topological polar surface area (TPSA) is 88.2 Å². The van der Waals surface area contributed by atoms with Gasteiger partial charge in [0.1, 0.15) is 6.04 Å². The predicted octanol–water partition coefficient (Wildman–Crippen LogP) is 2.65. The Hall–Kier alpha value is -2.77. The van der Waals surface area contributed by atoms with Crippen molar-refractivity contribution < 1.29 is 23.9 Å². The smallest absolute Gasteiger partial charge is 0.325 e. The zero-order valence-corrected chi connectivity index (χ0v) is 18.3. The van der Waals surface area contributed by atoms with E-state index >= 15 is 0 Å². The van der Waals surface area contributed by atoms with Crippen LogP contribution in [0.5, 0.6) is 11.5 Å². The molecular formula is C23H29N3O5. The van der Waals surface area contributed by atoms with Gasteiger partial charge >= 0.3 is 6.03 Å². The number of hydrogen-bond acceptors (Lipinski definition) is 5. The van der Waals surface area contributed by atoms with Gasteiger partial charge in [-0.05, 0) is 47.8 Å². The molecule has 0 spiro atoms. The lowest BCUT2D eigenvalue weighted by molar-refractivity contribution is -0.136. The van der Waals surface area contributed by atoms with E-state index < -0.39 is 12.1 Å². The summed E-state index contributed by atoms with van der Waals surface area (Å²) < 4.78 is 10.7. The van der Waals surface area contributed by atoms with Crippen LogP contribution in [0.2, 0.25) is 0 Å². The molecule has 8 heteroatoms. The fraction of sp³-hybridized carbons (Fsp3) is 0.609. The monoisotopic (exact) mass is 427 g/mol. The van der Waals surface area contributed by atoms with Crippen molar-refractivity contribution >= 4 is 17.8 Å². The molecule has 1 saturated carbocycles. The molecule has 0 unspecified atom stereocenters. The Morgan fingerprint density at radius 3 is 2.74 bits per heavy atom. The number of ether oxygens (including phenoxy) is 2. The molecule has 1 aromatic rings. The Labute approximate surface area is 181 Å². The number of likely N-dealkylation sites (tertiary alicyclic amines) is 1. The highest BCUT2D eigenvalue weighted by Gasteiger charge is 2.51. The third-order valence-electron chi connectivity index (χ3n) is 7.00. The molecule has 4 aliphatic rings. The molecule has 5 rings (SSSR count). The number of urea groups is 1. The van der Waals surface area contributed by atoms with Crippen LogP contribution in [0.4, 0.5) is 4.79 Å². The molecule has 31 heavy (non-hydrogen) atoms. The summed E-state index contributed by atoms with van der Waals surface area (Å²) in [7, 11) is 0. The third kappa shape index (κ3) is 3.62. The number of carbonyl (C=O) groups excluding carboxylic acids is 3. The van der Waals surface area contributed by atoms with Crippen LogP contribution >= 0.6 is 0 Å². The molecular weight excluding hydrogens is 398 g/mol. The Morgan fingerprint density at radius 2 is 1.94 bits per heavy atom. The van der Waals surface area contributed by atoms with Crippen LogP contribution in [-0.4, -0.2) is 53.1 Å². The van der Waals surface area contributed by atoms with Crippen molar-refractivity contribution in [1.82, 2.24) is 15.1 Å². The first kappa shape index (κ1) is 20.2. The van der Waals surface area contributed by atoms with E-state index in [0.29, 0.717) is 11.5 Å². The van der Waals surface area contributed by atoms with Gasteiger partial charge in [-0.1, -0.05) is 26.8 Å². The molecule has 166 valence electrons. The second-order valence-corrected chi connectivity index (χ2v) is 10.6. The summed E-state index contributed by atoms with van der Waals surface area (Å²) in [6, 6.07) is 4.29. The van der Waals surface area contributed by atoms with Crippen molar-refractivity contribution in [3.8, 4) is 11.5 Å². The predicted molar refractivity (Wildman–Crippen MR) is 111 cm³/mol. The molecule has 2 bridgehead atoms. The Kier molecular flexibility index (Phi) is 4.46. The summed E-state index contributed by atoms with van der Waals surface area (Å²) in [6.45, 7) is 7.81. The van der Waals surface area contributed by atoms with Crippen LogP contribution in [0.15, 0.2) is 18.2 Å². The first-order valence-corrected chi connectivity index (χ1v) is 10.9. The number of amides is 4. The summed E-state index contributed by atoms with van der Waals surface area (Å²) in [5.41, 5.74) is 1.12. The molecule has 3 heterocycles. The van der Waals surface area contributed by atoms with Gasteiger partial charge in [0.15, 0.2) is 11.5 Å². The number of carbonyl (C=O) groups is 3. The van der Waals surface area contributed by atoms with Crippen molar-refractivity contribution in [1.29, 1.82) is 0 Å². The van der Waals surface area contributed by atoms with E-state index in [1.54, 1.807) is 18.2 Å². The lowest BCUT2D eigenvalue weighted by Gasteiger charge is -2.39. The SMILES string of the molecule is CC1(C)C[C@@H]2C[C@@](C)(CN2C(=O)C[C@@H]2NC(=O)N(Cc3ccc4c(c3)OCO4)C2=O)C1. The highest BCUT2D eigenvalue weighted by atomic mass is 16.7. The second kappa shape index (κ2) is 6.87. The molecule has 1 aromatic carbocycles. The highest BCUT2D eigenvalue weighted by molar-refractivity contribution is 6.05. The van der Waals surface area contributed by atoms with Gasteiger partial charge in [0, 0.05) is 12.6 Å². The second-order valence-electron chi connectivity index (χ2n) is 10.6. The quantitative estimate of drug-likeness (QED) is 0.747. The zero-order valence-electron chi connectivity index (χ0n) is 18.3. The summed E-state index contributed by atoms with van der Waals surface area (Å²) in [5, 5.41) is 2.70. The van der Waals surface area contributed by atoms with E-state index in [1.165, 1.54) is 4.90 Å². The van der Waals surface area contributed by atoms with Crippen molar-refractivity contribution in [3.05, 3.63) is 23.8 Å². The van der Waals surface area contributed by atoms with Crippen molar-refractivity contribution in [2.45, 2.75) is 65.1 Å². The number of benzene rings is 1. The molecule has 0 radical (unpaired) electrons. The van der Waals surface area contributed by atoms with E-state index in [0.717, 1.165) is 31.4 Å². The minimum absolute atomic E-state index is 0.00915. The van der Waals surface area contributed by atoms with Gasteiger partial charge in [0.25, 0.3) is 5.91 Å². The maximum atomic E-state index is 13.1. The molecule has 3 fully saturated rings. The van der Waals surface area contributed by atoms with Crippen molar-refractivity contribution in [3.63, 3.8) is 0 Å². The van der Waals surface area contributed by atoms with Gasteiger partial charge in [-0.3, -0.25) is 14.5 Å². The lowest BCUT2D eigenvalue weighted by atomic mass is 9.65. The van der Waals surface area contributed by atoms with E-state index in [2.05, 4.69) is 26.1 Å². The largest absolute Gasteiger partial charge is 0.454 e. The van der Waals surface area contributed by atoms with Crippen LogP contribution in [0.1, 0.15) is 52.0 Å². The fourth-order valence-corrected chi connectivity index (χ4v) is 6.13. The Morgan fingerprint density at radius 1 is 1.16 bits per heavy atom. The summed E-state index contributed by atoms with van der Waals surface area (Å²) in [5.74, 6) is 0.852. The molecule has 0 aromatic heterocycles. The van der Waals surface area contributed by atoms with Gasteiger partial charge < -0.3 is 19.7 Å². The number of fused-ring (bicyclic) bond motifs is 3. The standard InChI is InChI=1S/C23H29N3O5/c1-22(2)8-15-9-23(3,11-22)12-26(15)19(27)7-16-20(28)25(21(29)24-16)10-14-4-5-17-18(6-14)31-13-30-17/h4-6,15-16H,7-13H2,1-3H3,(H,24,29)/t15-,16+,23-/m1/s1. The third-order valence-corrected chi connectivity index (χ3v) is 7.00. The van der Waals surface area contributed by atoms with Crippen molar-refractivity contribution in [2.75, 3.05) is 13.3 Å². The summed E-state index contributed by atoms with van der Waals surface area (Å²) in [6.07, 6.45) is 3.11. The van der Waals surface area contributed by atoms with E-state index in [9.17, 15) is 14.4 Å². The van der Waals surface area contributed by atoms with Gasteiger partial charge in [0.2, 0.25) is 12.7 Å². The highest BCUT2D eigenvalue weighted by Crippen LogP contribution is 2.52. The number of rotatable bonds is 4. The maximum Gasteiger partial charge on any atom is 0.325 e. The van der Waals surface area contributed by atoms with Crippen LogP contribution in [0.3, 0.4) is 0 Å². The zero-order chi connectivity index (χ0) is 22.0. The molecule has 1 aliphatic carbocycles. The summed E-state index contributed by atoms with van der Waals surface area (Å²) in [4.78, 5) is 41.6. The number of hydrogen-bond donors (Lipinski definition) is 1. The van der Waals surface area contributed by atoms with Gasteiger partial charge in [-0.2, -0.15) is 0 Å². The molecule has 1 N–H and O–H groups in total. The van der Waals surface area contributed by atoms with Crippen LogP contribution in [0, 0.1) is 10.8 Å². The van der Waals surface area contributed by atoms with E-state index in [-0.39, 0.29) is 48.4 Å². The molecule has 3 aliphatic heterocycles. The van der Waals surface area contributed by atoms with Crippen LogP contribution in [-0.2, 0) is 16.1 Å². The first-order chi connectivity index (χ1) is 14.6. The average molecular weight is 428 g/mol. The number of imide groups is 1. The number of nitrogens with one attached hydrogen (secondary N) is 1. The molecule has 3 atom stereocenters. The fourth-order valence-electron chi connectivity index (χ4n) is 6.13. The minimum Gasteiger partial charge on any atom is -0.454 e. The van der Waals surface area contributed by atoms with Gasteiger partial charge in [-0.25, -0.2) is 4.79 Å². The van der Waals surface area contributed by atoms with Crippen molar-refractivity contribution in [2.24, 2.45) is 10.8 Å². The van der Waals surface area contributed by atoms with E-state index in [4.69, 9.17) is 9.47 Å². The van der Waals surface area contributed by atoms with E-state index in [1.807, 2.05) is 4.90 Å². The minimum atomic E-state index is -0.810. The number of nitrogens with zero attached hydrogens (tertiary/aromatic N) is 2. The van der Waals surface area contributed by atoms with Gasteiger partial charge in [-0.15, -0.1) is 0 Å². The Bertz CT molecular complexity index is 961. The average Bonchev–Trinajstić information content (AvgIpc) is 3.31. The summed E-state index contributed by atoms with van der Waals surface area (Å²) >= 11 is 0. The van der Waals surface area contributed by atoms with Crippen LogP contribution < -0.4 is 14.8 Å². The maximum absolute atomic E-state index is 13.1. The lowest BCUT2D eigenvalue weighted by Crippen LogP contribution is -2.42. The Balaban J connectivity index is 1.24. The molecule has 4 amide bonds. The molecule has 8 nitrogen and oxygen atoms in total. The van der Waals surface area contributed by atoms with Crippen LogP contribution in [0.25, 0.3) is 0 Å². The molecule has 2 saturated heterocycles. The normalized spacial score (nSPS) is 30.7. The van der Waals surface area contributed by atoms with Gasteiger partial charge in [0.05, 0.1) is 13.0 Å².